The summed E-state index contributed by atoms with van der Waals surface area (Å²) in [5.41, 5.74) is 2.18. The zero-order valence-corrected chi connectivity index (χ0v) is 5.72. The number of allylic oxidation sites excluding steroid dienone is 1. The van der Waals surface area contributed by atoms with Gasteiger partial charge in [0.1, 0.15) is 0 Å². The van der Waals surface area contributed by atoms with Gasteiger partial charge in [0.2, 0.25) is 0 Å². The summed E-state index contributed by atoms with van der Waals surface area (Å²) >= 11 is 1.29. The molecule has 0 radical (unpaired) electrons. The van der Waals surface area contributed by atoms with Crippen molar-refractivity contribution in [2.24, 2.45) is 0 Å². The van der Waals surface area contributed by atoms with E-state index >= 15 is 0 Å². The number of hydrogen-bond donors (Lipinski definition) is 1. The average molecular weight is 127 g/mol. The molecule has 44 valence electrons. The summed E-state index contributed by atoms with van der Waals surface area (Å²) < 4.78 is 0. The molecule has 0 fully saturated rings. The number of thioether (sulfide) groups is 1. The minimum atomic E-state index is 0.861. The van der Waals surface area contributed by atoms with Crippen molar-refractivity contribution in [1.29, 1.82) is 5.41 Å². The molecule has 0 aliphatic heterocycles. The Morgan fingerprint density at radius 2 is 2.12 bits per heavy atom. The van der Waals surface area contributed by atoms with Crippen LogP contribution >= 0.6 is 11.8 Å². The topological polar surface area (TPSA) is 23.9 Å². The van der Waals surface area contributed by atoms with Crippen molar-refractivity contribution in [3.05, 3.63) is 23.6 Å². The van der Waals surface area contributed by atoms with Crippen molar-refractivity contribution in [1.82, 2.24) is 0 Å². The Morgan fingerprint density at radius 3 is 2.25 bits per heavy atom. The molecule has 0 amide bonds. The Hall–Kier alpha value is -0.500. The van der Waals surface area contributed by atoms with E-state index in [1.54, 1.807) is 0 Å². The van der Waals surface area contributed by atoms with Crippen LogP contribution in [0.3, 0.4) is 0 Å². The summed E-state index contributed by atoms with van der Waals surface area (Å²) in [6.07, 6.45) is 0. The summed E-state index contributed by atoms with van der Waals surface area (Å²) in [6, 6.07) is 0. The minimum Gasteiger partial charge on any atom is -0.302 e. The van der Waals surface area contributed by atoms with Gasteiger partial charge in [0.15, 0.2) is 0 Å². The highest BCUT2D eigenvalue weighted by Crippen LogP contribution is 2.16. The van der Waals surface area contributed by atoms with Gasteiger partial charge in [-0.15, -0.1) is 0 Å². The highest BCUT2D eigenvalue weighted by Gasteiger charge is 1.88. The van der Waals surface area contributed by atoms with Crippen LogP contribution in [0.4, 0.5) is 0 Å². The first-order chi connectivity index (χ1) is 3.68. The minimum absolute atomic E-state index is 0.861. The molecule has 0 aromatic heterocycles. The first-order valence-corrected chi connectivity index (χ1v) is 3.07. The zero-order valence-electron chi connectivity index (χ0n) is 4.90. The second-order valence-electron chi connectivity index (χ2n) is 1.44. The molecule has 1 N–H and O–H groups in total. The number of nitrogens with one attached hydrogen (secondary N) is 1. The van der Waals surface area contributed by atoms with E-state index in [0.29, 0.717) is 0 Å². The summed E-state index contributed by atoms with van der Waals surface area (Å²) in [5, 5.41) is 6.66. The van der Waals surface area contributed by atoms with E-state index in [1.807, 2.05) is 6.92 Å². The van der Waals surface area contributed by atoms with Gasteiger partial charge < -0.3 is 5.41 Å². The normalized spacial score (nSPS) is 8.12. The van der Waals surface area contributed by atoms with Gasteiger partial charge in [-0.1, -0.05) is 24.9 Å². The van der Waals surface area contributed by atoms with Crippen molar-refractivity contribution >= 4 is 17.3 Å². The molecule has 1 nitrogen and oxygen atoms in total. The van der Waals surface area contributed by atoms with E-state index in [-0.39, 0.29) is 0 Å². The molecule has 0 unspecified atom stereocenters. The Kier molecular flexibility index (Phi) is 3.28. The molecule has 0 atom stereocenters. The zero-order chi connectivity index (χ0) is 6.57. The van der Waals surface area contributed by atoms with Crippen LogP contribution in [0.1, 0.15) is 6.92 Å². The van der Waals surface area contributed by atoms with E-state index in [0.717, 1.165) is 10.5 Å². The first-order valence-electron chi connectivity index (χ1n) is 2.19. The highest BCUT2D eigenvalue weighted by molar-refractivity contribution is 8.15. The fourth-order valence-electron chi connectivity index (χ4n) is 0.172. The summed E-state index contributed by atoms with van der Waals surface area (Å²) in [7, 11) is 0. The third-order valence-corrected chi connectivity index (χ3v) is 1.43. The lowest BCUT2D eigenvalue weighted by Gasteiger charge is -1.95. The summed E-state index contributed by atoms with van der Waals surface area (Å²) in [6.45, 7) is 9.18. The van der Waals surface area contributed by atoms with E-state index in [1.165, 1.54) is 17.3 Å². The highest BCUT2D eigenvalue weighted by atomic mass is 32.2. The molecule has 0 saturated carbocycles. The van der Waals surface area contributed by atoms with E-state index in [2.05, 4.69) is 13.2 Å². The molecular weight excluding hydrogens is 118 g/mol. The Morgan fingerprint density at radius 1 is 1.62 bits per heavy atom. The van der Waals surface area contributed by atoms with Crippen molar-refractivity contribution < 1.29 is 0 Å². The van der Waals surface area contributed by atoms with Crippen LogP contribution in [0.15, 0.2) is 23.6 Å². The maximum atomic E-state index is 6.66. The maximum Gasteiger partial charge on any atom is 0.0554 e. The molecule has 0 saturated heterocycles. The second-order valence-corrected chi connectivity index (χ2v) is 2.40. The van der Waals surface area contributed by atoms with Crippen molar-refractivity contribution in [3.63, 3.8) is 0 Å². The van der Waals surface area contributed by atoms with Gasteiger partial charge in [-0.2, -0.15) is 0 Å². The van der Waals surface area contributed by atoms with Gasteiger partial charge in [-0.25, -0.2) is 0 Å². The van der Waals surface area contributed by atoms with Gasteiger partial charge >= 0.3 is 0 Å². The SMILES string of the molecule is C=C(C)C(=C)SC=N. The molecule has 0 aromatic carbocycles. The molecule has 8 heavy (non-hydrogen) atoms. The summed E-state index contributed by atoms with van der Waals surface area (Å²) in [4.78, 5) is 0.861. The van der Waals surface area contributed by atoms with Crippen LogP contribution < -0.4 is 0 Å². The smallest absolute Gasteiger partial charge is 0.0554 e. The van der Waals surface area contributed by atoms with Gasteiger partial charge in [-0.05, 0) is 12.5 Å². The molecule has 0 aliphatic carbocycles. The molecule has 0 bridgehead atoms. The van der Waals surface area contributed by atoms with Crippen LogP contribution in [0.5, 0.6) is 0 Å². The van der Waals surface area contributed by atoms with E-state index < -0.39 is 0 Å². The van der Waals surface area contributed by atoms with Crippen molar-refractivity contribution in [3.8, 4) is 0 Å². The van der Waals surface area contributed by atoms with Crippen LogP contribution in [0.2, 0.25) is 0 Å². The monoisotopic (exact) mass is 127 g/mol. The molecule has 0 rings (SSSR count). The molecule has 0 aromatic rings. The van der Waals surface area contributed by atoms with E-state index in [9.17, 15) is 0 Å². The molecule has 0 aliphatic rings. The van der Waals surface area contributed by atoms with Crippen molar-refractivity contribution in [2.75, 3.05) is 0 Å². The Bertz CT molecular complexity index is 126. The summed E-state index contributed by atoms with van der Waals surface area (Å²) in [5.74, 6) is 0. The van der Waals surface area contributed by atoms with Gasteiger partial charge in [0.25, 0.3) is 0 Å². The third kappa shape index (κ3) is 2.64. The van der Waals surface area contributed by atoms with Crippen LogP contribution in [0.25, 0.3) is 0 Å². The van der Waals surface area contributed by atoms with E-state index in [4.69, 9.17) is 5.41 Å². The van der Waals surface area contributed by atoms with Gasteiger partial charge in [0.05, 0.1) is 5.55 Å². The van der Waals surface area contributed by atoms with Gasteiger partial charge in [0, 0.05) is 4.91 Å². The number of hydrogen-bond acceptors (Lipinski definition) is 2. The van der Waals surface area contributed by atoms with Crippen molar-refractivity contribution in [2.45, 2.75) is 6.92 Å². The number of rotatable bonds is 3. The third-order valence-electron chi connectivity index (χ3n) is 0.677. The lowest BCUT2D eigenvalue weighted by molar-refractivity contribution is 1.55. The standard InChI is InChI=1S/C6H9NS/c1-5(2)6(3)8-4-7/h4,7H,1,3H2,2H3. The maximum absolute atomic E-state index is 6.66. The largest absolute Gasteiger partial charge is 0.302 e. The fraction of sp³-hybridized carbons (Fsp3) is 0.167. The van der Waals surface area contributed by atoms with Gasteiger partial charge in [-0.3, -0.25) is 0 Å². The quantitative estimate of drug-likeness (QED) is 0.351. The predicted octanol–water partition coefficient (Wildman–Crippen LogP) is 2.42. The van der Waals surface area contributed by atoms with Crippen LogP contribution in [-0.4, -0.2) is 5.55 Å². The second kappa shape index (κ2) is 3.50. The molecule has 0 spiro atoms. The molecular formula is C6H9NS. The Labute approximate surface area is 54.0 Å². The predicted molar refractivity (Wildman–Crippen MR) is 40.3 cm³/mol. The Balaban J connectivity index is 3.65. The fourth-order valence-corrected chi connectivity index (χ4v) is 0.515. The average Bonchev–Trinajstić information content (AvgIpc) is 1.67. The lowest BCUT2D eigenvalue weighted by Crippen LogP contribution is -1.71. The molecule has 2 heteroatoms. The first kappa shape index (κ1) is 7.50. The lowest BCUT2D eigenvalue weighted by atomic mass is 10.3. The van der Waals surface area contributed by atoms with Crippen LogP contribution in [-0.2, 0) is 0 Å². The molecule has 0 heterocycles. The van der Waals surface area contributed by atoms with Crippen LogP contribution in [0, 0.1) is 5.41 Å².